The lowest BCUT2D eigenvalue weighted by Gasteiger charge is -2.30. The number of nitrogens with one attached hydrogen (secondary N) is 1. The number of anilines is 1. The number of hydrogen-bond donors (Lipinski definition) is 1. The standard InChI is InChI=1S/C20H26N4O/c1-15(16-7-3-2-4-8-16)13-23-12-9-18-17(14-23)19(25)22-20(21-18)24-10-5-6-11-24/h2-4,7-8,15H,5-6,9-14H2,1H3,(H,21,22,25)/t15-/m1/s1. The van der Waals surface area contributed by atoms with E-state index in [9.17, 15) is 4.79 Å². The number of fused-ring (bicyclic) bond motifs is 1. The summed E-state index contributed by atoms with van der Waals surface area (Å²) in [6.45, 7) is 6.90. The predicted molar refractivity (Wildman–Crippen MR) is 100 cm³/mol. The Bertz CT molecular complexity index is 780. The molecule has 25 heavy (non-hydrogen) atoms. The van der Waals surface area contributed by atoms with Crippen LogP contribution in [-0.2, 0) is 13.0 Å². The number of hydrogen-bond acceptors (Lipinski definition) is 4. The maximum Gasteiger partial charge on any atom is 0.257 e. The molecular weight excluding hydrogens is 312 g/mol. The first-order valence-electron chi connectivity index (χ1n) is 9.35. The van der Waals surface area contributed by atoms with Crippen molar-refractivity contribution < 1.29 is 0 Å². The number of benzene rings is 1. The van der Waals surface area contributed by atoms with E-state index in [0.29, 0.717) is 12.5 Å². The van der Waals surface area contributed by atoms with Crippen molar-refractivity contribution in [3.05, 3.63) is 57.5 Å². The minimum Gasteiger partial charge on any atom is -0.342 e. The van der Waals surface area contributed by atoms with Gasteiger partial charge in [0.05, 0.1) is 11.3 Å². The van der Waals surface area contributed by atoms with Crippen LogP contribution in [0.15, 0.2) is 35.1 Å². The van der Waals surface area contributed by atoms with Gasteiger partial charge in [0.15, 0.2) is 0 Å². The number of aromatic amines is 1. The molecule has 0 radical (unpaired) electrons. The number of H-pyrrole nitrogens is 1. The van der Waals surface area contributed by atoms with Crippen LogP contribution in [0.2, 0.25) is 0 Å². The molecule has 1 saturated heterocycles. The van der Waals surface area contributed by atoms with Crippen LogP contribution in [0.4, 0.5) is 5.95 Å². The highest BCUT2D eigenvalue weighted by molar-refractivity contribution is 5.35. The lowest BCUT2D eigenvalue weighted by molar-refractivity contribution is 0.238. The Kier molecular flexibility index (Phi) is 4.57. The summed E-state index contributed by atoms with van der Waals surface area (Å²) < 4.78 is 0. The summed E-state index contributed by atoms with van der Waals surface area (Å²) in [6, 6.07) is 10.6. The summed E-state index contributed by atoms with van der Waals surface area (Å²) in [5.41, 5.74) is 3.25. The van der Waals surface area contributed by atoms with Gasteiger partial charge in [-0.15, -0.1) is 0 Å². The Hall–Kier alpha value is -2.14. The van der Waals surface area contributed by atoms with E-state index in [1.807, 2.05) is 0 Å². The lowest BCUT2D eigenvalue weighted by Crippen LogP contribution is -2.38. The van der Waals surface area contributed by atoms with Crippen molar-refractivity contribution in [1.82, 2.24) is 14.9 Å². The van der Waals surface area contributed by atoms with Crippen molar-refractivity contribution in [2.24, 2.45) is 0 Å². The molecule has 1 aromatic carbocycles. The molecule has 132 valence electrons. The second-order valence-corrected chi connectivity index (χ2v) is 7.31. The number of nitrogens with zero attached hydrogens (tertiary/aromatic N) is 3. The summed E-state index contributed by atoms with van der Waals surface area (Å²) >= 11 is 0. The third-order valence-corrected chi connectivity index (χ3v) is 5.44. The molecule has 0 bridgehead atoms. The van der Waals surface area contributed by atoms with Gasteiger partial charge in [-0.1, -0.05) is 37.3 Å². The van der Waals surface area contributed by atoms with Crippen LogP contribution in [0.5, 0.6) is 0 Å². The second kappa shape index (κ2) is 7.00. The number of rotatable bonds is 4. The molecule has 5 nitrogen and oxygen atoms in total. The lowest BCUT2D eigenvalue weighted by atomic mass is 9.99. The smallest absolute Gasteiger partial charge is 0.257 e. The molecule has 0 unspecified atom stereocenters. The molecule has 4 rings (SSSR count). The summed E-state index contributed by atoms with van der Waals surface area (Å²) in [6.07, 6.45) is 3.24. The van der Waals surface area contributed by atoms with E-state index in [-0.39, 0.29) is 5.56 Å². The molecule has 1 N–H and O–H groups in total. The van der Waals surface area contributed by atoms with Crippen molar-refractivity contribution in [2.45, 2.75) is 38.6 Å². The van der Waals surface area contributed by atoms with Crippen LogP contribution in [0.1, 0.15) is 42.5 Å². The highest BCUT2D eigenvalue weighted by atomic mass is 16.1. The van der Waals surface area contributed by atoms with E-state index in [1.165, 1.54) is 18.4 Å². The Labute approximate surface area is 148 Å². The fourth-order valence-corrected chi connectivity index (χ4v) is 3.98. The van der Waals surface area contributed by atoms with Crippen molar-refractivity contribution >= 4 is 5.95 Å². The van der Waals surface area contributed by atoms with Crippen molar-refractivity contribution in [1.29, 1.82) is 0 Å². The molecule has 0 saturated carbocycles. The molecule has 2 aliphatic rings. The molecule has 1 fully saturated rings. The van der Waals surface area contributed by atoms with Crippen LogP contribution in [0.25, 0.3) is 0 Å². The molecule has 0 aliphatic carbocycles. The Morgan fingerprint density at radius 1 is 1.16 bits per heavy atom. The van der Waals surface area contributed by atoms with Crippen LogP contribution in [-0.4, -0.2) is 41.0 Å². The molecule has 1 aromatic heterocycles. The molecule has 1 atom stereocenters. The summed E-state index contributed by atoms with van der Waals surface area (Å²) in [5.74, 6) is 1.23. The maximum atomic E-state index is 12.6. The van der Waals surface area contributed by atoms with E-state index >= 15 is 0 Å². The van der Waals surface area contributed by atoms with Gasteiger partial charge in [0.1, 0.15) is 0 Å². The minimum atomic E-state index is 0.0453. The zero-order valence-corrected chi connectivity index (χ0v) is 14.9. The first kappa shape index (κ1) is 16.3. The summed E-state index contributed by atoms with van der Waals surface area (Å²) in [5, 5.41) is 0. The summed E-state index contributed by atoms with van der Waals surface area (Å²) in [7, 11) is 0. The molecule has 0 amide bonds. The normalized spacial score (nSPS) is 19.0. The van der Waals surface area contributed by atoms with Crippen LogP contribution in [0.3, 0.4) is 0 Å². The third kappa shape index (κ3) is 3.47. The Morgan fingerprint density at radius 3 is 2.68 bits per heavy atom. The number of aromatic nitrogens is 2. The largest absolute Gasteiger partial charge is 0.342 e. The fraction of sp³-hybridized carbons (Fsp3) is 0.500. The van der Waals surface area contributed by atoms with Gasteiger partial charge in [-0.25, -0.2) is 4.98 Å². The topological polar surface area (TPSA) is 52.2 Å². The predicted octanol–water partition coefficient (Wildman–Crippen LogP) is 2.53. The van der Waals surface area contributed by atoms with Gasteiger partial charge in [0, 0.05) is 39.1 Å². The van der Waals surface area contributed by atoms with Crippen molar-refractivity contribution in [2.75, 3.05) is 31.1 Å². The van der Waals surface area contributed by atoms with Gasteiger partial charge in [-0.3, -0.25) is 14.7 Å². The molecule has 2 aliphatic heterocycles. The van der Waals surface area contributed by atoms with Gasteiger partial charge < -0.3 is 4.90 Å². The Morgan fingerprint density at radius 2 is 1.92 bits per heavy atom. The average molecular weight is 338 g/mol. The third-order valence-electron chi connectivity index (χ3n) is 5.44. The SMILES string of the molecule is C[C@H](CN1CCc2nc(N3CCCC3)[nH]c(=O)c2C1)c1ccccc1. The van der Waals surface area contributed by atoms with Gasteiger partial charge >= 0.3 is 0 Å². The summed E-state index contributed by atoms with van der Waals surface area (Å²) in [4.78, 5) is 25.0. The highest BCUT2D eigenvalue weighted by Gasteiger charge is 2.24. The molecule has 0 spiro atoms. The molecule has 3 heterocycles. The van der Waals surface area contributed by atoms with E-state index in [1.54, 1.807) is 0 Å². The van der Waals surface area contributed by atoms with Crippen LogP contribution >= 0.6 is 0 Å². The van der Waals surface area contributed by atoms with E-state index in [0.717, 1.165) is 49.8 Å². The van der Waals surface area contributed by atoms with Gasteiger partial charge in [-0.05, 0) is 24.3 Å². The first-order valence-corrected chi connectivity index (χ1v) is 9.35. The van der Waals surface area contributed by atoms with E-state index in [2.05, 4.69) is 52.0 Å². The van der Waals surface area contributed by atoms with Gasteiger partial charge in [0.2, 0.25) is 5.95 Å². The second-order valence-electron chi connectivity index (χ2n) is 7.31. The minimum absolute atomic E-state index is 0.0453. The van der Waals surface area contributed by atoms with E-state index < -0.39 is 0 Å². The maximum absolute atomic E-state index is 12.6. The van der Waals surface area contributed by atoms with E-state index in [4.69, 9.17) is 4.98 Å². The highest BCUT2D eigenvalue weighted by Crippen LogP contribution is 2.22. The van der Waals surface area contributed by atoms with Crippen LogP contribution in [0, 0.1) is 0 Å². The molecule has 5 heteroatoms. The monoisotopic (exact) mass is 338 g/mol. The van der Waals surface area contributed by atoms with Crippen molar-refractivity contribution in [3.8, 4) is 0 Å². The zero-order chi connectivity index (χ0) is 17.2. The fourth-order valence-electron chi connectivity index (χ4n) is 3.98. The van der Waals surface area contributed by atoms with Gasteiger partial charge in [-0.2, -0.15) is 0 Å². The Balaban J connectivity index is 1.48. The quantitative estimate of drug-likeness (QED) is 0.931. The average Bonchev–Trinajstić information content (AvgIpc) is 3.17. The molecule has 2 aromatic rings. The zero-order valence-electron chi connectivity index (χ0n) is 14.9. The van der Waals surface area contributed by atoms with Crippen LogP contribution < -0.4 is 10.5 Å². The van der Waals surface area contributed by atoms with Gasteiger partial charge in [0.25, 0.3) is 5.56 Å². The first-order chi connectivity index (χ1) is 12.2. The molecular formula is C20H26N4O. The van der Waals surface area contributed by atoms with Crippen molar-refractivity contribution in [3.63, 3.8) is 0 Å².